The fraction of sp³-hybridized carbons (Fsp3) is 0.500. The molecule has 0 heterocycles. The third-order valence-electron chi connectivity index (χ3n) is 2.36. The molecule has 0 bridgehead atoms. The van der Waals surface area contributed by atoms with Gasteiger partial charge in [0.05, 0.1) is 13.7 Å². The van der Waals surface area contributed by atoms with Gasteiger partial charge >= 0.3 is 0 Å². The maximum Gasteiger partial charge on any atom is 0.119 e. The predicted molar refractivity (Wildman–Crippen MR) is 69.2 cm³/mol. The first-order valence-electron chi connectivity index (χ1n) is 5.31. The van der Waals surface area contributed by atoms with Crippen molar-refractivity contribution in [3.8, 4) is 5.75 Å². The van der Waals surface area contributed by atoms with Crippen LogP contribution in [-0.2, 0) is 0 Å². The van der Waals surface area contributed by atoms with Crippen LogP contribution < -0.4 is 10.1 Å². The van der Waals surface area contributed by atoms with Crippen molar-refractivity contribution in [1.29, 1.82) is 0 Å². The van der Waals surface area contributed by atoms with E-state index in [9.17, 15) is 0 Å². The van der Waals surface area contributed by atoms with Crippen molar-refractivity contribution in [3.63, 3.8) is 0 Å². The highest BCUT2D eigenvalue weighted by Gasteiger charge is 2.09. The van der Waals surface area contributed by atoms with Crippen molar-refractivity contribution in [1.82, 2.24) is 5.32 Å². The lowest BCUT2D eigenvalue weighted by Gasteiger charge is -2.16. The second-order valence-corrected chi connectivity index (χ2v) is 4.57. The highest BCUT2D eigenvalue weighted by molar-refractivity contribution is 7.99. The monoisotopic (exact) mass is 241 g/mol. The Morgan fingerprint density at radius 2 is 2.31 bits per heavy atom. The molecule has 1 aromatic carbocycles. The standard InChI is InChI=1S/C12H19NO2S/c1-13-12(9-16-7-6-14)10-4-3-5-11(8-10)15-2/h3-5,8,12-14H,6-7,9H2,1-2H3. The van der Waals surface area contributed by atoms with Crippen molar-refractivity contribution in [2.75, 3.05) is 32.3 Å². The number of ether oxygens (including phenoxy) is 1. The number of hydrogen-bond acceptors (Lipinski definition) is 4. The zero-order chi connectivity index (χ0) is 11.8. The van der Waals surface area contributed by atoms with Crippen LogP contribution in [0.2, 0.25) is 0 Å². The maximum absolute atomic E-state index is 8.74. The Balaban J connectivity index is 2.62. The van der Waals surface area contributed by atoms with Gasteiger partial charge in [-0.2, -0.15) is 11.8 Å². The third kappa shape index (κ3) is 4.04. The summed E-state index contributed by atoms with van der Waals surface area (Å²) in [6.07, 6.45) is 0. The minimum Gasteiger partial charge on any atom is -0.497 e. The average molecular weight is 241 g/mol. The molecule has 1 unspecified atom stereocenters. The molecule has 0 saturated heterocycles. The summed E-state index contributed by atoms with van der Waals surface area (Å²) in [6, 6.07) is 8.36. The lowest BCUT2D eigenvalue weighted by atomic mass is 10.1. The van der Waals surface area contributed by atoms with Gasteiger partial charge in [0.1, 0.15) is 5.75 Å². The van der Waals surface area contributed by atoms with Gasteiger partial charge in [-0.3, -0.25) is 0 Å². The molecule has 4 heteroatoms. The van der Waals surface area contributed by atoms with Gasteiger partial charge in [-0.05, 0) is 24.7 Å². The molecule has 0 aliphatic rings. The van der Waals surface area contributed by atoms with Crippen LogP contribution in [0.5, 0.6) is 5.75 Å². The first-order valence-corrected chi connectivity index (χ1v) is 6.47. The summed E-state index contributed by atoms with van der Waals surface area (Å²) >= 11 is 1.74. The highest BCUT2D eigenvalue weighted by Crippen LogP contribution is 2.21. The summed E-state index contributed by atoms with van der Waals surface area (Å²) in [4.78, 5) is 0. The summed E-state index contributed by atoms with van der Waals surface area (Å²) in [5, 5.41) is 12.0. The van der Waals surface area contributed by atoms with Gasteiger partial charge in [0.2, 0.25) is 0 Å². The third-order valence-corrected chi connectivity index (χ3v) is 3.41. The summed E-state index contributed by atoms with van der Waals surface area (Å²) in [5.41, 5.74) is 1.22. The zero-order valence-electron chi connectivity index (χ0n) is 9.77. The molecule has 0 saturated carbocycles. The topological polar surface area (TPSA) is 41.5 Å². The molecule has 0 aromatic heterocycles. The second-order valence-electron chi connectivity index (χ2n) is 3.42. The van der Waals surface area contributed by atoms with Gasteiger partial charge in [-0.15, -0.1) is 0 Å². The Labute approximate surface area is 101 Å². The van der Waals surface area contributed by atoms with Crippen LogP contribution in [-0.4, -0.2) is 37.4 Å². The zero-order valence-corrected chi connectivity index (χ0v) is 10.6. The molecule has 3 nitrogen and oxygen atoms in total. The van der Waals surface area contributed by atoms with E-state index < -0.39 is 0 Å². The number of hydrogen-bond donors (Lipinski definition) is 2. The Kier molecular flexibility index (Phi) is 6.30. The molecule has 1 atom stereocenters. The maximum atomic E-state index is 8.74. The summed E-state index contributed by atoms with van der Waals surface area (Å²) in [7, 11) is 3.62. The van der Waals surface area contributed by atoms with Crippen LogP contribution in [0, 0.1) is 0 Å². The lowest BCUT2D eigenvalue weighted by Crippen LogP contribution is -2.19. The number of thioether (sulfide) groups is 1. The van der Waals surface area contributed by atoms with Crippen molar-refractivity contribution in [2.45, 2.75) is 6.04 Å². The Morgan fingerprint density at radius 1 is 1.50 bits per heavy atom. The average Bonchev–Trinajstić information content (AvgIpc) is 2.35. The molecule has 0 aliphatic heterocycles. The van der Waals surface area contributed by atoms with Gasteiger partial charge < -0.3 is 15.2 Å². The molecular weight excluding hydrogens is 222 g/mol. The van der Waals surface area contributed by atoms with Crippen LogP contribution in [0.15, 0.2) is 24.3 Å². The molecule has 90 valence electrons. The summed E-state index contributed by atoms with van der Waals surface area (Å²) in [5.74, 6) is 2.61. The fourth-order valence-corrected chi connectivity index (χ4v) is 2.36. The van der Waals surface area contributed by atoms with Gasteiger partial charge in [0.15, 0.2) is 0 Å². The minimum atomic E-state index is 0.235. The number of nitrogens with one attached hydrogen (secondary N) is 1. The first kappa shape index (κ1) is 13.4. The number of aliphatic hydroxyl groups is 1. The van der Waals surface area contributed by atoms with E-state index in [0.29, 0.717) is 6.04 Å². The molecule has 0 aliphatic carbocycles. The first-order chi connectivity index (χ1) is 7.81. The van der Waals surface area contributed by atoms with E-state index in [-0.39, 0.29) is 6.61 Å². The predicted octanol–water partition coefficient (Wildman–Crippen LogP) is 1.68. The van der Waals surface area contributed by atoms with E-state index in [1.807, 2.05) is 25.2 Å². The van der Waals surface area contributed by atoms with Crippen LogP contribution >= 0.6 is 11.8 Å². The van der Waals surface area contributed by atoms with Gasteiger partial charge in [-0.1, -0.05) is 12.1 Å². The van der Waals surface area contributed by atoms with Crippen molar-refractivity contribution in [2.24, 2.45) is 0 Å². The Hall–Kier alpha value is -0.710. The molecule has 0 radical (unpaired) electrons. The van der Waals surface area contributed by atoms with Crippen molar-refractivity contribution in [3.05, 3.63) is 29.8 Å². The van der Waals surface area contributed by atoms with E-state index in [0.717, 1.165) is 17.3 Å². The van der Waals surface area contributed by atoms with E-state index in [1.54, 1.807) is 18.9 Å². The smallest absolute Gasteiger partial charge is 0.119 e. The molecule has 1 aromatic rings. The molecular formula is C12H19NO2S. The number of aliphatic hydroxyl groups excluding tert-OH is 1. The van der Waals surface area contributed by atoms with Gasteiger partial charge in [0.25, 0.3) is 0 Å². The van der Waals surface area contributed by atoms with Crippen LogP contribution in [0.3, 0.4) is 0 Å². The largest absolute Gasteiger partial charge is 0.497 e. The number of methoxy groups -OCH3 is 1. The molecule has 16 heavy (non-hydrogen) atoms. The number of benzene rings is 1. The van der Waals surface area contributed by atoms with E-state index in [4.69, 9.17) is 9.84 Å². The van der Waals surface area contributed by atoms with Crippen molar-refractivity contribution < 1.29 is 9.84 Å². The van der Waals surface area contributed by atoms with Gasteiger partial charge in [-0.25, -0.2) is 0 Å². The molecule has 0 spiro atoms. The quantitative estimate of drug-likeness (QED) is 0.713. The molecule has 0 fully saturated rings. The van der Waals surface area contributed by atoms with E-state index >= 15 is 0 Å². The molecule has 2 N–H and O–H groups in total. The Bertz CT molecular complexity index is 307. The van der Waals surface area contributed by atoms with E-state index in [2.05, 4.69) is 11.4 Å². The summed E-state index contributed by atoms with van der Waals surface area (Å²) < 4.78 is 5.20. The van der Waals surface area contributed by atoms with Crippen LogP contribution in [0.4, 0.5) is 0 Å². The van der Waals surface area contributed by atoms with Crippen molar-refractivity contribution >= 4 is 11.8 Å². The normalized spacial score (nSPS) is 12.4. The summed E-state index contributed by atoms with van der Waals surface area (Å²) in [6.45, 7) is 0.235. The SMILES string of the molecule is CNC(CSCCO)c1cccc(OC)c1. The second kappa shape index (κ2) is 7.54. The fourth-order valence-electron chi connectivity index (χ4n) is 1.47. The lowest BCUT2D eigenvalue weighted by molar-refractivity contribution is 0.322. The molecule has 1 rings (SSSR count). The number of rotatable bonds is 7. The van der Waals surface area contributed by atoms with Crippen LogP contribution in [0.1, 0.15) is 11.6 Å². The van der Waals surface area contributed by atoms with Gasteiger partial charge in [0, 0.05) is 17.5 Å². The minimum absolute atomic E-state index is 0.235. The van der Waals surface area contributed by atoms with Crippen LogP contribution in [0.25, 0.3) is 0 Å². The Morgan fingerprint density at radius 3 is 2.94 bits per heavy atom. The molecule has 0 amide bonds. The highest BCUT2D eigenvalue weighted by atomic mass is 32.2. The van der Waals surface area contributed by atoms with E-state index in [1.165, 1.54) is 5.56 Å².